The minimum absolute atomic E-state index is 0.170. The molecule has 0 aliphatic heterocycles. The van der Waals surface area contributed by atoms with E-state index in [0.717, 1.165) is 0 Å². The maximum atomic E-state index is 12.7. The molecular weight excluding hydrogens is 255 g/mol. The Morgan fingerprint density at radius 1 is 1.22 bits per heavy atom. The largest absolute Gasteiger partial charge is 0.465 e. The van der Waals surface area contributed by atoms with Crippen molar-refractivity contribution in [2.75, 3.05) is 19.8 Å². The van der Waals surface area contributed by atoms with Gasteiger partial charge in [-0.3, -0.25) is 9.36 Å². The SMILES string of the molecule is C=CCC(C)(C(=O)OCC)P(=O)(OCC)OCC. The molecule has 0 saturated carbocycles. The van der Waals surface area contributed by atoms with E-state index in [1.807, 2.05) is 0 Å². The van der Waals surface area contributed by atoms with E-state index in [4.69, 9.17) is 13.8 Å². The molecule has 0 rings (SSSR count). The number of carbonyl (C=O) groups excluding carboxylic acids is 1. The number of hydrogen-bond acceptors (Lipinski definition) is 5. The van der Waals surface area contributed by atoms with Crippen molar-refractivity contribution in [3.63, 3.8) is 0 Å². The van der Waals surface area contributed by atoms with Crippen LogP contribution in [-0.4, -0.2) is 30.9 Å². The number of ether oxygens (including phenoxy) is 1. The van der Waals surface area contributed by atoms with Gasteiger partial charge < -0.3 is 13.8 Å². The lowest BCUT2D eigenvalue weighted by Crippen LogP contribution is -2.38. The van der Waals surface area contributed by atoms with E-state index >= 15 is 0 Å². The quantitative estimate of drug-likeness (QED) is 0.368. The molecule has 6 heteroatoms. The van der Waals surface area contributed by atoms with Gasteiger partial charge in [-0.25, -0.2) is 0 Å². The fraction of sp³-hybridized carbons (Fsp3) is 0.750. The summed E-state index contributed by atoms with van der Waals surface area (Å²) in [6.45, 7) is 10.8. The molecule has 0 radical (unpaired) electrons. The number of carbonyl (C=O) groups is 1. The topological polar surface area (TPSA) is 61.8 Å². The summed E-state index contributed by atoms with van der Waals surface area (Å²) < 4.78 is 28.2. The normalized spacial score (nSPS) is 14.9. The highest BCUT2D eigenvalue weighted by molar-refractivity contribution is 7.56. The van der Waals surface area contributed by atoms with Gasteiger partial charge in [0.15, 0.2) is 5.16 Å². The van der Waals surface area contributed by atoms with Crippen LogP contribution in [0.1, 0.15) is 34.1 Å². The zero-order chi connectivity index (χ0) is 14.2. The lowest BCUT2D eigenvalue weighted by atomic mass is 10.1. The Morgan fingerprint density at radius 3 is 2.06 bits per heavy atom. The average Bonchev–Trinajstić information content (AvgIpc) is 2.30. The molecule has 0 saturated heterocycles. The van der Waals surface area contributed by atoms with Crippen LogP contribution in [0.15, 0.2) is 12.7 Å². The molecule has 0 aliphatic rings. The Morgan fingerprint density at radius 2 is 1.72 bits per heavy atom. The first-order valence-corrected chi connectivity index (χ1v) is 7.63. The number of rotatable bonds is 9. The van der Waals surface area contributed by atoms with Crippen molar-refractivity contribution in [3.05, 3.63) is 12.7 Å². The molecule has 0 fully saturated rings. The molecule has 0 aromatic carbocycles. The van der Waals surface area contributed by atoms with Crippen molar-refractivity contribution < 1.29 is 23.1 Å². The minimum Gasteiger partial charge on any atom is -0.465 e. The zero-order valence-corrected chi connectivity index (χ0v) is 12.5. The predicted molar refractivity (Wildman–Crippen MR) is 70.7 cm³/mol. The van der Waals surface area contributed by atoms with Crippen LogP contribution in [0.4, 0.5) is 0 Å². The third-order valence-corrected chi connectivity index (χ3v) is 5.23. The van der Waals surface area contributed by atoms with E-state index in [1.165, 1.54) is 13.0 Å². The van der Waals surface area contributed by atoms with E-state index in [2.05, 4.69) is 6.58 Å². The summed E-state index contributed by atoms with van der Waals surface area (Å²) in [5.41, 5.74) is 0. The Labute approximate surface area is 109 Å². The first-order valence-electron chi connectivity index (χ1n) is 6.09. The number of allylic oxidation sites excluding steroid dienone is 1. The molecule has 0 spiro atoms. The highest BCUT2D eigenvalue weighted by Crippen LogP contribution is 2.61. The predicted octanol–water partition coefficient (Wildman–Crippen LogP) is 3.15. The van der Waals surface area contributed by atoms with Crippen molar-refractivity contribution in [1.29, 1.82) is 0 Å². The van der Waals surface area contributed by atoms with Crippen LogP contribution < -0.4 is 0 Å². The lowest BCUT2D eigenvalue weighted by Gasteiger charge is -2.32. The first kappa shape index (κ1) is 17.4. The van der Waals surface area contributed by atoms with Gasteiger partial charge in [-0.05, 0) is 34.1 Å². The number of esters is 1. The molecule has 0 heterocycles. The van der Waals surface area contributed by atoms with Crippen molar-refractivity contribution >= 4 is 13.6 Å². The van der Waals surface area contributed by atoms with Crippen molar-refractivity contribution in [1.82, 2.24) is 0 Å². The van der Waals surface area contributed by atoms with Crippen LogP contribution in [0.2, 0.25) is 0 Å². The molecule has 0 aliphatic carbocycles. The second-order valence-corrected chi connectivity index (χ2v) is 6.32. The smallest absolute Gasteiger partial charge is 0.347 e. The average molecular weight is 278 g/mol. The van der Waals surface area contributed by atoms with Gasteiger partial charge in [0, 0.05) is 0 Å². The van der Waals surface area contributed by atoms with E-state index in [1.54, 1.807) is 20.8 Å². The molecule has 1 unspecified atom stereocenters. The summed E-state index contributed by atoms with van der Waals surface area (Å²) in [6.07, 6.45) is 1.69. The van der Waals surface area contributed by atoms with Crippen molar-refractivity contribution in [2.45, 2.75) is 39.3 Å². The maximum Gasteiger partial charge on any atom is 0.347 e. The van der Waals surface area contributed by atoms with Gasteiger partial charge in [-0.15, -0.1) is 6.58 Å². The van der Waals surface area contributed by atoms with Gasteiger partial charge in [0.1, 0.15) is 0 Å². The van der Waals surface area contributed by atoms with Gasteiger partial charge in [-0.2, -0.15) is 0 Å². The van der Waals surface area contributed by atoms with Crippen LogP contribution in [0, 0.1) is 0 Å². The van der Waals surface area contributed by atoms with Crippen LogP contribution >= 0.6 is 7.60 Å². The zero-order valence-electron chi connectivity index (χ0n) is 11.6. The van der Waals surface area contributed by atoms with E-state index in [9.17, 15) is 9.36 Å². The fourth-order valence-corrected chi connectivity index (χ4v) is 3.50. The van der Waals surface area contributed by atoms with E-state index in [0.29, 0.717) is 0 Å². The Balaban J connectivity index is 5.43. The Hall–Kier alpha value is -0.640. The molecule has 0 aromatic rings. The second kappa shape index (κ2) is 7.72. The summed E-state index contributed by atoms with van der Waals surface area (Å²) in [6, 6.07) is 0. The third kappa shape index (κ3) is 3.67. The molecular formula is C12H23O5P. The summed E-state index contributed by atoms with van der Waals surface area (Å²) in [5, 5.41) is -1.35. The van der Waals surface area contributed by atoms with E-state index in [-0.39, 0.29) is 26.2 Å². The summed E-state index contributed by atoms with van der Waals surface area (Å²) in [4.78, 5) is 12.0. The molecule has 1 atom stereocenters. The summed E-state index contributed by atoms with van der Waals surface area (Å²) in [5.74, 6) is -0.588. The van der Waals surface area contributed by atoms with Crippen LogP contribution in [0.5, 0.6) is 0 Å². The second-order valence-electron chi connectivity index (χ2n) is 3.82. The highest BCUT2D eigenvalue weighted by Gasteiger charge is 2.53. The standard InChI is InChI=1S/C12H23O5P/c1-6-10-12(5,11(13)15-7-2)18(14,16-8-3)17-9-4/h6H,1,7-10H2,2-5H3. The Bertz CT molecular complexity index is 318. The van der Waals surface area contributed by atoms with Crippen LogP contribution in [-0.2, 0) is 23.1 Å². The van der Waals surface area contributed by atoms with Gasteiger partial charge in [0.2, 0.25) is 0 Å². The van der Waals surface area contributed by atoms with Gasteiger partial charge in [0.25, 0.3) is 0 Å². The molecule has 0 bridgehead atoms. The summed E-state index contributed by atoms with van der Waals surface area (Å²) >= 11 is 0. The molecule has 0 N–H and O–H groups in total. The van der Waals surface area contributed by atoms with Gasteiger partial charge in [0.05, 0.1) is 19.8 Å². The van der Waals surface area contributed by atoms with Crippen molar-refractivity contribution in [3.8, 4) is 0 Å². The van der Waals surface area contributed by atoms with Gasteiger partial charge in [-0.1, -0.05) is 6.08 Å². The molecule has 106 valence electrons. The summed E-state index contributed by atoms with van der Waals surface area (Å²) in [7, 11) is -3.59. The fourth-order valence-electron chi connectivity index (χ4n) is 1.54. The third-order valence-electron chi connectivity index (χ3n) is 2.46. The van der Waals surface area contributed by atoms with Crippen molar-refractivity contribution in [2.24, 2.45) is 0 Å². The Kier molecular flexibility index (Phi) is 7.45. The first-order chi connectivity index (χ1) is 8.41. The molecule has 0 aromatic heterocycles. The molecule has 5 nitrogen and oxygen atoms in total. The van der Waals surface area contributed by atoms with Gasteiger partial charge >= 0.3 is 13.6 Å². The molecule has 18 heavy (non-hydrogen) atoms. The number of hydrogen-bond donors (Lipinski definition) is 0. The monoisotopic (exact) mass is 278 g/mol. The van der Waals surface area contributed by atoms with Crippen LogP contribution in [0.25, 0.3) is 0 Å². The molecule has 0 amide bonds. The lowest BCUT2D eigenvalue weighted by molar-refractivity contribution is -0.146. The van der Waals surface area contributed by atoms with Crippen LogP contribution in [0.3, 0.4) is 0 Å². The highest BCUT2D eigenvalue weighted by atomic mass is 31.2. The van der Waals surface area contributed by atoms with E-state index < -0.39 is 18.7 Å². The minimum atomic E-state index is -3.59. The maximum absolute atomic E-state index is 12.7.